The van der Waals surface area contributed by atoms with Gasteiger partial charge in [0.25, 0.3) is 0 Å². The summed E-state index contributed by atoms with van der Waals surface area (Å²) in [6, 6.07) is 7.37. The van der Waals surface area contributed by atoms with Gasteiger partial charge in [-0.2, -0.15) is 0 Å². The van der Waals surface area contributed by atoms with Crippen molar-refractivity contribution in [2.24, 2.45) is 5.92 Å². The van der Waals surface area contributed by atoms with Crippen LogP contribution in [0.25, 0.3) is 11.5 Å². The predicted octanol–water partition coefficient (Wildman–Crippen LogP) is 4.22. The monoisotopic (exact) mass is 333 g/mol. The first-order valence-corrected chi connectivity index (χ1v) is 8.19. The maximum Gasteiger partial charge on any atom is 0.248 e. The molecule has 2 aromatic heterocycles. The molecule has 1 aliphatic carbocycles. The van der Waals surface area contributed by atoms with Gasteiger partial charge in [0.1, 0.15) is 5.69 Å². The molecule has 0 bridgehead atoms. The van der Waals surface area contributed by atoms with Crippen LogP contribution >= 0.6 is 0 Å². The van der Waals surface area contributed by atoms with Crippen LogP contribution in [0.2, 0.25) is 0 Å². The highest BCUT2D eigenvalue weighted by molar-refractivity contribution is 5.50. The Morgan fingerprint density at radius 2 is 1.92 bits per heavy atom. The Balaban J connectivity index is 1.79. The van der Waals surface area contributed by atoms with E-state index >= 15 is 0 Å². The van der Waals surface area contributed by atoms with E-state index in [0.717, 1.165) is 11.4 Å². The predicted molar refractivity (Wildman–Crippen MR) is 87.2 cm³/mol. The van der Waals surface area contributed by atoms with Gasteiger partial charge in [-0.25, -0.2) is 23.7 Å². The van der Waals surface area contributed by atoms with E-state index in [-0.39, 0.29) is 18.8 Å². The number of aromatic nitrogens is 3. The molecule has 1 aliphatic rings. The molecule has 0 spiro atoms. The first-order chi connectivity index (χ1) is 11.4. The van der Waals surface area contributed by atoms with Crippen molar-refractivity contribution in [1.29, 1.82) is 0 Å². The van der Waals surface area contributed by atoms with E-state index in [9.17, 15) is 8.78 Å². The fourth-order valence-corrected chi connectivity index (χ4v) is 3.11. The largest absolute Gasteiger partial charge is 0.481 e. The number of alkyl halides is 2. The number of halogens is 2. The molecular weight excluding hydrogens is 312 g/mol. The quantitative estimate of drug-likeness (QED) is 0.840. The Morgan fingerprint density at radius 3 is 2.62 bits per heavy atom. The molecule has 0 unspecified atom stereocenters. The molecular formula is C18H21F2N3O. The van der Waals surface area contributed by atoms with Crippen molar-refractivity contribution >= 4 is 0 Å². The third kappa shape index (κ3) is 4.04. The van der Waals surface area contributed by atoms with Crippen molar-refractivity contribution in [3.63, 3.8) is 0 Å². The molecule has 0 atom stereocenters. The summed E-state index contributed by atoms with van der Waals surface area (Å²) >= 11 is 0. The van der Waals surface area contributed by atoms with E-state index in [2.05, 4.69) is 15.0 Å². The molecule has 3 rings (SSSR count). The second-order valence-electron chi connectivity index (χ2n) is 6.39. The highest BCUT2D eigenvalue weighted by atomic mass is 19.3. The molecule has 0 radical (unpaired) electrons. The average molecular weight is 333 g/mol. The first kappa shape index (κ1) is 16.7. The molecule has 1 fully saturated rings. The molecule has 0 saturated heterocycles. The lowest BCUT2D eigenvalue weighted by Crippen LogP contribution is -2.25. The van der Waals surface area contributed by atoms with Gasteiger partial charge in [-0.15, -0.1) is 0 Å². The number of pyridine rings is 1. The molecule has 0 amide bonds. The van der Waals surface area contributed by atoms with Crippen LogP contribution in [0.1, 0.15) is 37.1 Å². The van der Waals surface area contributed by atoms with Crippen LogP contribution in [0.15, 0.2) is 24.3 Å². The number of hydrogen-bond acceptors (Lipinski definition) is 4. The molecule has 6 heteroatoms. The van der Waals surface area contributed by atoms with E-state index in [1.54, 1.807) is 13.2 Å². The van der Waals surface area contributed by atoms with E-state index in [0.29, 0.717) is 36.7 Å². The number of aryl methyl sites for hydroxylation is 1. The number of methoxy groups -OCH3 is 1. The van der Waals surface area contributed by atoms with Crippen LogP contribution in [-0.2, 0) is 6.42 Å². The van der Waals surface area contributed by atoms with Gasteiger partial charge >= 0.3 is 0 Å². The zero-order valence-corrected chi connectivity index (χ0v) is 13.9. The van der Waals surface area contributed by atoms with Crippen molar-refractivity contribution < 1.29 is 13.5 Å². The molecule has 0 aliphatic heterocycles. The summed E-state index contributed by atoms with van der Waals surface area (Å²) in [5, 5.41) is 0. The SMILES string of the molecule is COc1cccc(-c2nc(C)cc(CC3CCC(F)(F)CC3)n2)n1. The summed E-state index contributed by atoms with van der Waals surface area (Å²) in [5.41, 5.74) is 2.38. The summed E-state index contributed by atoms with van der Waals surface area (Å²) in [6.07, 6.45) is 1.75. The van der Waals surface area contributed by atoms with Crippen LogP contribution < -0.4 is 4.74 Å². The maximum absolute atomic E-state index is 13.3. The normalized spacial score (nSPS) is 17.7. The van der Waals surface area contributed by atoms with Gasteiger partial charge in [0.15, 0.2) is 5.82 Å². The smallest absolute Gasteiger partial charge is 0.248 e. The number of ether oxygens (including phenoxy) is 1. The minimum Gasteiger partial charge on any atom is -0.481 e. The fraction of sp³-hybridized carbons (Fsp3) is 0.500. The van der Waals surface area contributed by atoms with Crippen LogP contribution in [-0.4, -0.2) is 28.0 Å². The van der Waals surface area contributed by atoms with Crippen molar-refractivity contribution in [3.8, 4) is 17.4 Å². The highest BCUT2D eigenvalue weighted by Gasteiger charge is 2.34. The minimum absolute atomic E-state index is 0.0218. The van der Waals surface area contributed by atoms with Crippen molar-refractivity contribution in [2.45, 2.75) is 45.0 Å². The Hall–Kier alpha value is -2.11. The van der Waals surface area contributed by atoms with Crippen molar-refractivity contribution in [1.82, 2.24) is 15.0 Å². The molecule has 1 saturated carbocycles. The van der Waals surface area contributed by atoms with Gasteiger partial charge in [0.2, 0.25) is 11.8 Å². The van der Waals surface area contributed by atoms with Gasteiger partial charge in [0, 0.05) is 30.3 Å². The zero-order chi connectivity index (χ0) is 17.2. The van der Waals surface area contributed by atoms with Crippen molar-refractivity contribution in [3.05, 3.63) is 35.7 Å². The molecule has 128 valence electrons. The van der Waals surface area contributed by atoms with Gasteiger partial charge in [-0.05, 0) is 44.2 Å². The van der Waals surface area contributed by atoms with Crippen LogP contribution in [0, 0.1) is 12.8 Å². The van der Waals surface area contributed by atoms with E-state index in [1.165, 1.54) is 0 Å². The Morgan fingerprint density at radius 1 is 1.17 bits per heavy atom. The number of hydrogen-bond donors (Lipinski definition) is 0. The van der Waals surface area contributed by atoms with E-state index in [1.807, 2.05) is 25.1 Å². The lowest BCUT2D eigenvalue weighted by molar-refractivity contribution is -0.0457. The summed E-state index contributed by atoms with van der Waals surface area (Å²) < 4.78 is 31.7. The highest BCUT2D eigenvalue weighted by Crippen LogP contribution is 2.37. The topological polar surface area (TPSA) is 47.9 Å². The summed E-state index contributed by atoms with van der Waals surface area (Å²) in [5.74, 6) is -1.18. The molecule has 4 nitrogen and oxygen atoms in total. The number of nitrogens with zero attached hydrogens (tertiary/aromatic N) is 3. The third-order valence-electron chi connectivity index (χ3n) is 4.40. The minimum atomic E-state index is -2.49. The van der Waals surface area contributed by atoms with Gasteiger partial charge in [-0.3, -0.25) is 0 Å². The van der Waals surface area contributed by atoms with E-state index < -0.39 is 5.92 Å². The lowest BCUT2D eigenvalue weighted by Gasteiger charge is -2.28. The Bertz CT molecular complexity index is 711. The molecule has 0 N–H and O–H groups in total. The third-order valence-corrected chi connectivity index (χ3v) is 4.40. The van der Waals surface area contributed by atoms with E-state index in [4.69, 9.17) is 4.74 Å². The molecule has 2 aromatic rings. The fourth-order valence-electron chi connectivity index (χ4n) is 3.11. The second-order valence-corrected chi connectivity index (χ2v) is 6.39. The Labute approximate surface area is 140 Å². The van der Waals surface area contributed by atoms with Crippen LogP contribution in [0.5, 0.6) is 5.88 Å². The molecule has 2 heterocycles. The zero-order valence-electron chi connectivity index (χ0n) is 13.9. The van der Waals surface area contributed by atoms with Crippen LogP contribution in [0.4, 0.5) is 8.78 Å². The van der Waals surface area contributed by atoms with Crippen LogP contribution in [0.3, 0.4) is 0 Å². The van der Waals surface area contributed by atoms with Crippen molar-refractivity contribution in [2.75, 3.05) is 7.11 Å². The summed E-state index contributed by atoms with van der Waals surface area (Å²) in [4.78, 5) is 13.4. The second kappa shape index (κ2) is 6.79. The Kier molecular flexibility index (Phi) is 4.73. The van der Waals surface area contributed by atoms with Gasteiger partial charge in [0.05, 0.1) is 7.11 Å². The number of rotatable bonds is 4. The van der Waals surface area contributed by atoms with Gasteiger partial charge < -0.3 is 4.74 Å². The summed E-state index contributed by atoms with van der Waals surface area (Å²) in [7, 11) is 1.56. The first-order valence-electron chi connectivity index (χ1n) is 8.19. The van der Waals surface area contributed by atoms with Gasteiger partial charge in [-0.1, -0.05) is 6.07 Å². The maximum atomic E-state index is 13.3. The average Bonchev–Trinajstić information content (AvgIpc) is 2.56. The summed E-state index contributed by atoms with van der Waals surface area (Å²) in [6.45, 7) is 1.91. The molecule has 0 aromatic carbocycles. The standard InChI is InChI=1S/C18H21F2N3O/c1-12-10-14(11-13-6-8-18(19,20)9-7-13)22-17(21-12)15-4-3-5-16(23-15)24-2/h3-5,10,13H,6-9,11H2,1-2H3. The molecule has 24 heavy (non-hydrogen) atoms. The lowest BCUT2D eigenvalue weighted by atomic mass is 9.84.